The summed E-state index contributed by atoms with van der Waals surface area (Å²) in [6.45, 7) is 0. The van der Waals surface area contributed by atoms with Crippen LogP contribution in [0.15, 0.2) is 28.2 Å². The van der Waals surface area contributed by atoms with Gasteiger partial charge >= 0.3 is 0 Å². The number of allylic oxidation sites excluding steroid dienone is 1. The SMILES string of the molecule is CN=CC(Br)=C(N)c1cncnc1. The van der Waals surface area contributed by atoms with E-state index in [0.29, 0.717) is 5.70 Å². The van der Waals surface area contributed by atoms with Gasteiger partial charge in [0, 0.05) is 31.2 Å². The Morgan fingerprint density at radius 2 is 2.15 bits per heavy atom. The predicted molar refractivity (Wildman–Crippen MR) is 56.5 cm³/mol. The molecule has 0 spiro atoms. The van der Waals surface area contributed by atoms with Crippen molar-refractivity contribution >= 4 is 27.8 Å². The lowest BCUT2D eigenvalue weighted by Gasteiger charge is -2.00. The number of hydrogen-bond acceptors (Lipinski definition) is 4. The largest absolute Gasteiger partial charge is 0.397 e. The van der Waals surface area contributed by atoms with Crippen molar-refractivity contribution in [3.05, 3.63) is 28.8 Å². The van der Waals surface area contributed by atoms with E-state index in [2.05, 4.69) is 30.9 Å². The Balaban J connectivity index is 3.03. The fourth-order valence-corrected chi connectivity index (χ4v) is 1.19. The summed E-state index contributed by atoms with van der Waals surface area (Å²) < 4.78 is 0.727. The van der Waals surface area contributed by atoms with E-state index in [4.69, 9.17) is 5.73 Å². The summed E-state index contributed by atoms with van der Waals surface area (Å²) in [6, 6.07) is 0. The molecule has 0 bridgehead atoms. The van der Waals surface area contributed by atoms with Crippen LogP contribution in [0.2, 0.25) is 0 Å². The average molecular weight is 241 g/mol. The van der Waals surface area contributed by atoms with Crippen molar-refractivity contribution in [3.8, 4) is 0 Å². The van der Waals surface area contributed by atoms with Gasteiger partial charge in [0.05, 0.1) is 10.2 Å². The maximum absolute atomic E-state index is 5.79. The zero-order chi connectivity index (χ0) is 9.68. The van der Waals surface area contributed by atoms with Crippen LogP contribution in [0.4, 0.5) is 0 Å². The Kier molecular flexibility index (Phi) is 3.57. The van der Waals surface area contributed by atoms with E-state index in [1.807, 2.05) is 0 Å². The summed E-state index contributed by atoms with van der Waals surface area (Å²) in [7, 11) is 1.68. The number of rotatable bonds is 2. The van der Waals surface area contributed by atoms with E-state index in [0.717, 1.165) is 10.0 Å². The van der Waals surface area contributed by atoms with Crippen molar-refractivity contribution < 1.29 is 0 Å². The Morgan fingerprint density at radius 3 is 2.69 bits per heavy atom. The lowest BCUT2D eigenvalue weighted by atomic mass is 10.2. The molecule has 13 heavy (non-hydrogen) atoms. The van der Waals surface area contributed by atoms with Crippen LogP contribution in [0.1, 0.15) is 5.56 Å². The molecule has 1 aromatic rings. The van der Waals surface area contributed by atoms with Gasteiger partial charge < -0.3 is 5.73 Å². The molecule has 0 aliphatic carbocycles. The second kappa shape index (κ2) is 4.71. The zero-order valence-electron chi connectivity index (χ0n) is 7.11. The molecule has 0 saturated heterocycles. The highest BCUT2D eigenvalue weighted by Crippen LogP contribution is 2.14. The molecule has 4 nitrogen and oxygen atoms in total. The molecule has 5 heteroatoms. The van der Waals surface area contributed by atoms with Crippen LogP contribution in [0.25, 0.3) is 5.70 Å². The summed E-state index contributed by atoms with van der Waals surface area (Å²) >= 11 is 3.29. The number of aromatic nitrogens is 2. The maximum Gasteiger partial charge on any atom is 0.115 e. The third-order valence-corrected chi connectivity index (χ3v) is 2.00. The van der Waals surface area contributed by atoms with Crippen molar-refractivity contribution in [2.24, 2.45) is 10.7 Å². The first-order valence-corrected chi connectivity index (χ1v) is 4.37. The fraction of sp³-hybridized carbons (Fsp3) is 0.125. The smallest absolute Gasteiger partial charge is 0.115 e. The Morgan fingerprint density at radius 1 is 1.54 bits per heavy atom. The van der Waals surface area contributed by atoms with Gasteiger partial charge in [0.25, 0.3) is 0 Å². The average Bonchev–Trinajstić information content (AvgIpc) is 2.18. The van der Waals surface area contributed by atoms with Crippen LogP contribution in [0, 0.1) is 0 Å². The maximum atomic E-state index is 5.79. The zero-order valence-corrected chi connectivity index (χ0v) is 8.69. The van der Waals surface area contributed by atoms with Crippen LogP contribution < -0.4 is 5.73 Å². The minimum Gasteiger partial charge on any atom is -0.397 e. The minimum absolute atomic E-state index is 0.575. The van der Waals surface area contributed by atoms with Gasteiger partial charge in [0.2, 0.25) is 0 Å². The predicted octanol–water partition coefficient (Wildman–Crippen LogP) is 1.20. The van der Waals surface area contributed by atoms with Crippen LogP contribution in [0.3, 0.4) is 0 Å². The van der Waals surface area contributed by atoms with Crippen LogP contribution in [-0.4, -0.2) is 23.2 Å². The normalized spacial score (nSPS) is 13.1. The third-order valence-electron chi connectivity index (χ3n) is 1.37. The third kappa shape index (κ3) is 2.62. The summed E-state index contributed by atoms with van der Waals surface area (Å²) in [5.41, 5.74) is 7.13. The second-order valence-corrected chi connectivity index (χ2v) is 3.13. The molecule has 1 aromatic heterocycles. The highest BCUT2D eigenvalue weighted by atomic mass is 79.9. The molecule has 2 N–H and O–H groups in total. The van der Waals surface area contributed by atoms with E-state index in [-0.39, 0.29) is 0 Å². The van der Waals surface area contributed by atoms with Crippen molar-refractivity contribution in [1.82, 2.24) is 9.97 Å². The molecule has 0 unspecified atom stereocenters. The fourth-order valence-electron chi connectivity index (χ4n) is 0.759. The van der Waals surface area contributed by atoms with Crippen LogP contribution in [0.5, 0.6) is 0 Å². The number of halogens is 1. The number of aliphatic imine (C=N–C) groups is 1. The molecule has 0 aliphatic rings. The molecular formula is C8H9BrN4. The highest BCUT2D eigenvalue weighted by Gasteiger charge is 2.00. The molecule has 0 radical (unpaired) electrons. The second-order valence-electron chi connectivity index (χ2n) is 2.28. The number of nitrogens with zero attached hydrogens (tertiary/aromatic N) is 3. The topological polar surface area (TPSA) is 64.2 Å². The minimum atomic E-state index is 0.575. The molecule has 0 atom stereocenters. The molecule has 0 aromatic carbocycles. The van der Waals surface area contributed by atoms with Crippen molar-refractivity contribution in [2.45, 2.75) is 0 Å². The molecular weight excluding hydrogens is 232 g/mol. The molecule has 0 fully saturated rings. The first kappa shape index (κ1) is 9.85. The van der Waals surface area contributed by atoms with E-state index >= 15 is 0 Å². The van der Waals surface area contributed by atoms with Gasteiger partial charge in [-0.15, -0.1) is 0 Å². The summed E-state index contributed by atoms with van der Waals surface area (Å²) in [4.78, 5) is 11.5. The molecule has 68 valence electrons. The molecule has 1 heterocycles. The van der Waals surface area contributed by atoms with Crippen molar-refractivity contribution in [3.63, 3.8) is 0 Å². The van der Waals surface area contributed by atoms with Gasteiger partial charge in [-0.3, -0.25) is 4.99 Å². The van der Waals surface area contributed by atoms with Crippen LogP contribution >= 0.6 is 15.9 Å². The summed E-state index contributed by atoms with van der Waals surface area (Å²) in [5, 5.41) is 0. The summed E-state index contributed by atoms with van der Waals surface area (Å²) in [5.74, 6) is 0. The van der Waals surface area contributed by atoms with E-state index in [1.165, 1.54) is 6.33 Å². The summed E-state index contributed by atoms with van der Waals surface area (Å²) in [6.07, 6.45) is 6.38. The highest BCUT2D eigenvalue weighted by molar-refractivity contribution is 9.12. The standard InChI is InChI=1S/C8H9BrN4/c1-11-4-7(9)8(10)6-2-12-5-13-3-6/h2-5H,10H2,1H3. The molecule has 1 rings (SSSR count). The van der Waals surface area contributed by atoms with Crippen molar-refractivity contribution in [1.29, 1.82) is 0 Å². The number of nitrogens with two attached hydrogens (primary N) is 1. The van der Waals surface area contributed by atoms with E-state index in [1.54, 1.807) is 25.7 Å². The Labute approximate surface area is 84.7 Å². The number of hydrogen-bond donors (Lipinski definition) is 1. The van der Waals surface area contributed by atoms with Crippen molar-refractivity contribution in [2.75, 3.05) is 7.05 Å². The lowest BCUT2D eigenvalue weighted by Crippen LogP contribution is -2.00. The lowest BCUT2D eigenvalue weighted by molar-refractivity contribution is 1.15. The van der Waals surface area contributed by atoms with Gasteiger partial charge in [-0.1, -0.05) is 0 Å². The van der Waals surface area contributed by atoms with E-state index < -0.39 is 0 Å². The Hall–Kier alpha value is -1.23. The first-order valence-electron chi connectivity index (χ1n) is 3.58. The Bertz CT molecular complexity index is 331. The quantitative estimate of drug-likeness (QED) is 0.791. The monoisotopic (exact) mass is 240 g/mol. The van der Waals surface area contributed by atoms with Gasteiger partial charge in [0.1, 0.15) is 6.33 Å². The van der Waals surface area contributed by atoms with Gasteiger partial charge in [-0.25, -0.2) is 9.97 Å². The first-order chi connectivity index (χ1) is 6.25. The van der Waals surface area contributed by atoms with Gasteiger partial charge in [-0.2, -0.15) is 0 Å². The van der Waals surface area contributed by atoms with Crippen LogP contribution in [-0.2, 0) is 0 Å². The van der Waals surface area contributed by atoms with Gasteiger partial charge in [0.15, 0.2) is 0 Å². The van der Waals surface area contributed by atoms with Gasteiger partial charge in [-0.05, 0) is 15.9 Å². The van der Waals surface area contributed by atoms with E-state index in [9.17, 15) is 0 Å². The molecule has 0 amide bonds. The molecule has 0 aliphatic heterocycles. The molecule has 0 saturated carbocycles.